The van der Waals surface area contributed by atoms with Gasteiger partial charge in [0.25, 0.3) is 20.0 Å². The van der Waals surface area contributed by atoms with Gasteiger partial charge in [-0.05, 0) is 67.6 Å². The average Bonchev–Trinajstić information content (AvgIpc) is 2.75. The quantitative estimate of drug-likeness (QED) is 0.314. The van der Waals surface area contributed by atoms with Crippen LogP contribution in [-0.4, -0.2) is 29.4 Å². The fourth-order valence-corrected chi connectivity index (χ4v) is 7.59. The smallest absolute Gasteiger partial charge is 0.340 e. The second kappa shape index (κ2) is 10.3. The third-order valence-electron chi connectivity index (χ3n) is 4.37. The molecule has 3 aromatic rings. The fourth-order valence-electron chi connectivity index (χ4n) is 2.89. The summed E-state index contributed by atoms with van der Waals surface area (Å²) in [5.74, 6) is -1.02. The molecule has 0 saturated heterocycles. The minimum absolute atomic E-state index is 0.0375. The van der Waals surface area contributed by atoms with E-state index in [1.165, 1.54) is 31.2 Å². The number of nitrogens with zero attached hydrogens (tertiary/aromatic N) is 1. The van der Waals surface area contributed by atoms with E-state index in [0.717, 1.165) is 36.4 Å². The Morgan fingerprint density at radius 3 is 1.62 bits per heavy atom. The summed E-state index contributed by atoms with van der Waals surface area (Å²) in [5, 5.41) is 0.000701. The number of benzene rings is 3. The van der Waals surface area contributed by atoms with Gasteiger partial charge in [-0.15, -0.1) is 0 Å². The van der Waals surface area contributed by atoms with E-state index in [1.807, 2.05) is 0 Å². The van der Waals surface area contributed by atoms with Crippen molar-refractivity contribution in [3.8, 4) is 0 Å². The standard InChI is InChI=1S/C21H15Cl4NO6S2/c1-2-32-21(27)18-11-15(24)12-19(25)20(18)26(33(28,29)16-7-3-13(22)4-8-16)34(30,31)17-9-5-14(23)6-10-17/h3-12H,2H2,1H3. The van der Waals surface area contributed by atoms with E-state index in [1.54, 1.807) is 0 Å². The molecule has 0 amide bonds. The average molecular weight is 583 g/mol. The van der Waals surface area contributed by atoms with E-state index < -0.39 is 52.1 Å². The Balaban J connectivity index is 2.42. The highest BCUT2D eigenvalue weighted by Gasteiger charge is 2.41. The molecule has 0 aliphatic rings. The molecule has 0 aliphatic heterocycles. The monoisotopic (exact) mass is 581 g/mol. The van der Waals surface area contributed by atoms with Gasteiger partial charge in [-0.1, -0.05) is 46.4 Å². The lowest BCUT2D eigenvalue weighted by molar-refractivity contribution is 0.0527. The van der Waals surface area contributed by atoms with Gasteiger partial charge in [-0.2, -0.15) is 3.71 Å². The van der Waals surface area contributed by atoms with Crippen LogP contribution in [0, 0.1) is 0 Å². The minimum Gasteiger partial charge on any atom is -0.462 e. The largest absolute Gasteiger partial charge is 0.462 e. The number of ether oxygens (including phenoxy) is 1. The highest BCUT2D eigenvalue weighted by Crippen LogP contribution is 2.40. The van der Waals surface area contributed by atoms with Crippen LogP contribution in [0.3, 0.4) is 0 Å². The molecule has 0 unspecified atom stereocenters. The zero-order valence-corrected chi connectivity index (χ0v) is 21.9. The first-order chi connectivity index (χ1) is 15.9. The maximum absolute atomic E-state index is 13.7. The summed E-state index contributed by atoms with van der Waals surface area (Å²) in [6.45, 7) is 1.45. The van der Waals surface area contributed by atoms with Gasteiger partial charge in [0.15, 0.2) is 0 Å². The molecular weight excluding hydrogens is 568 g/mol. The van der Waals surface area contributed by atoms with Crippen molar-refractivity contribution in [2.24, 2.45) is 0 Å². The van der Waals surface area contributed by atoms with Gasteiger partial charge in [-0.25, -0.2) is 21.6 Å². The summed E-state index contributed by atoms with van der Waals surface area (Å²) >= 11 is 24.1. The van der Waals surface area contributed by atoms with Crippen LogP contribution < -0.4 is 3.71 Å². The molecule has 0 aromatic heterocycles. The molecule has 3 rings (SSSR count). The van der Waals surface area contributed by atoms with Crippen LogP contribution in [0.4, 0.5) is 5.69 Å². The first-order valence-electron chi connectivity index (χ1n) is 9.37. The highest BCUT2D eigenvalue weighted by atomic mass is 35.5. The van der Waals surface area contributed by atoms with E-state index in [-0.39, 0.29) is 25.4 Å². The lowest BCUT2D eigenvalue weighted by atomic mass is 10.2. The van der Waals surface area contributed by atoms with Crippen molar-refractivity contribution in [2.75, 3.05) is 10.3 Å². The zero-order valence-electron chi connectivity index (χ0n) is 17.2. The number of halogens is 4. The van der Waals surface area contributed by atoms with Crippen molar-refractivity contribution in [3.63, 3.8) is 0 Å². The minimum atomic E-state index is -4.87. The molecule has 3 aromatic carbocycles. The molecule has 0 N–H and O–H groups in total. The Kier molecular flexibility index (Phi) is 8.07. The summed E-state index contributed by atoms with van der Waals surface area (Å²) in [4.78, 5) is 11.9. The van der Waals surface area contributed by atoms with Gasteiger partial charge in [0, 0.05) is 15.1 Å². The predicted molar refractivity (Wildman–Crippen MR) is 132 cm³/mol. The number of anilines is 1. The zero-order chi connectivity index (χ0) is 25.3. The van der Waals surface area contributed by atoms with Crippen LogP contribution in [0.15, 0.2) is 70.5 Å². The molecule has 0 fully saturated rings. The fraction of sp³-hybridized carbons (Fsp3) is 0.0952. The molecule has 0 radical (unpaired) electrons. The number of carbonyl (C=O) groups is 1. The molecule has 180 valence electrons. The Morgan fingerprint density at radius 2 is 1.21 bits per heavy atom. The molecule has 7 nitrogen and oxygen atoms in total. The van der Waals surface area contributed by atoms with E-state index in [4.69, 9.17) is 51.1 Å². The molecule has 0 heterocycles. The van der Waals surface area contributed by atoms with Crippen LogP contribution in [0.25, 0.3) is 0 Å². The molecule has 34 heavy (non-hydrogen) atoms. The molecular formula is C21H15Cl4NO6S2. The number of sulfonamides is 2. The van der Waals surface area contributed by atoms with Crippen LogP contribution in [0.1, 0.15) is 17.3 Å². The van der Waals surface area contributed by atoms with E-state index in [0.29, 0.717) is 0 Å². The van der Waals surface area contributed by atoms with Crippen molar-refractivity contribution >= 4 is 78.1 Å². The molecule has 0 atom stereocenters. The molecule has 0 spiro atoms. The lowest BCUT2D eigenvalue weighted by Crippen LogP contribution is -2.38. The second-order valence-electron chi connectivity index (χ2n) is 6.62. The first kappa shape index (κ1) is 26.6. The van der Waals surface area contributed by atoms with Gasteiger partial charge in [0.1, 0.15) is 5.69 Å². The van der Waals surface area contributed by atoms with Gasteiger partial charge < -0.3 is 4.74 Å². The van der Waals surface area contributed by atoms with Crippen LogP contribution in [-0.2, 0) is 24.8 Å². The van der Waals surface area contributed by atoms with Crippen LogP contribution in [0.5, 0.6) is 0 Å². The van der Waals surface area contributed by atoms with Gasteiger partial charge in [0.2, 0.25) is 0 Å². The van der Waals surface area contributed by atoms with Gasteiger partial charge >= 0.3 is 5.97 Å². The highest BCUT2D eigenvalue weighted by molar-refractivity contribution is 8.10. The van der Waals surface area contributed by atoms with Crippen LogP contribution in [0.2, 0.25) is 20.1 Å². The number of esters is 1. The third-order valence-corrected chi connectivity index (χ3v) is 9.53. The molecule has 0 aliphatic carbocycles. The van der Waals surface area contributed by atoms with E-state index >= 15 is 0 Å². The van der Waals surface area contributed by atoms with E-state index in [9.17, 15) is 21.6 Å². The van der Waals surface area contributed by atoms with Crippen molar-refractivity contribution in [1.82, 2.24) is 0 Å². The summed E-state index contributed by atoms with van der Waals surface area (Å²) in [6, 6.07) is 11.8. The lowest BCUT2D eigenvalue weighted by Gasteiger charge is -2.26. The number of rotatable bonds is 7. The predicted octanol–water partition coefficient (Wildman–Crippen LogP) is 6.06. The second-order valence-corrected chi connectivity index (χ2v) is 12.1. The Bertz CT molecular complexity index is 1370. The van der Waals surface area contributed by atoms with Crippen molar-refractivity contribution in [1.29, 1.82) is 0 Å². The summed E-state index contributed by atoms with van der Waals surface area (Å²) in [6.07, 6.45) is 0. The van der Waals surface area contributed by atoms with Crippen molar-refractivity contribution in [3.05, 3.63) is 86.3 Å². The summed E-state index contributed by atoms with van der Waals surface area (Å²) < 4.78 is 60.0. The summed E-state index contributed by atoms with van der Waals surface area (Å²) in [7, 11) is -9.75. The Hall–Kier alpha value is -2.01. The SMILES string of the molecule is CCOC(=O)c1cc(Cl)cc(Cl)c1N(S(=O)(=O)c1ccc(Cl)cc1)S(=O)(=O)c1ccc(Cl)cc1. The van der Waals surface area contributed by atoms with Crippen molar-refractivity contribution in [2.45, 2.75) is 16.7 Å². The maximum atomic E-state index is 13.7. The number of hydrogen-bond donors (Lipinski definition) is 0. The van der Waals surface area contributed by atoms with Gasteiger partial charge in [-0.3, -0.25) is 0 Å². The Morgan fingerprint density at radius 1 is 0.765 bits per heavy atom. The number of hydrogen-bond acceptors (Lipinski definition) is 6. The molecule has 0 bridgehead atoms. The van der Waals surface area contributed by atoms with Crippen LogP contribution >= 0.6 is 46.4 Å². The topological polar surface area (TPSA) is 97.8 Å². The molecule has 0 saturated carbocycles. The normalized spacial score (nSPS) is 11.8. The first-order valence-corrected chi connectivity index (χ1v) is 13.8. The Labute approximate surface area is 216 Å². The molecule has 13 heteroatoms. The van der Waals surface area contributed by atoms with Crippen molar-refractivity contribution < 1.29 is 26.4 Å². The van der Waals surface area contributed by atoms with Gasteiger partial charge in [0.05, 0.1) is 27.0 Å². The van der Waals surface area contributed by atoms with E-state index in [2.05, 4.69) is 0 Å². The maximum Gasteiger partial charge on any atom is 0.340 e. The third kappa shape index (κ3) is 5.30. The summed E-state index contributed by atoms with van der Waals surface area (Å²) in [5.41, 5.74) is -1.11. The number of carbonyl (C=O) groups excluding carboxylic acids is 1.